The predicted molar refractivity (Wildman–Crippen MR) is 55.1 cm³/mol. The Kier molecular flexibility index (Phi) is 4.35. The fourth-order valence-electron chi connectivity index (χ4n) is 1.86. The average molecular weight is 200 g/mol. The van der Waals surface area contributed by atoms with Crippen molar-refractivity contribution in [3.63, 3.8) is 0 Å². The van der Waals surface area contributed by atoms with E-state index in [4.69, 9.17) is 4.74 Å². The van der Waals surface area contributed by atoms with Crippen LogP contribution >= 0.6 is 0 Å². The van der Waals surface area contributed by atoms with Crippen LogP contribution in [0, 0.1) is 5.92 Å². The molecule has 0 radical (unpaired) electrons. The monoisotopic (exact) mass is 200 g/mol. The number of nitrogens with one attached hydrogen (secondary N) is 2. The number of carbonyl (C=O) groups excluding carboxylic acids is 1. The van der Waals surface area contributed by atoms with Gasteiger partial charge in [-0.25, -0.2) is 0 Å². The highest BCUT2D eigenvalue weighted by molar-refractivity contribution is 5.80. The van der Waals surface area contributed by atoms with Crippen LogP contribution in [-0.2, 0) is 9.53 Å². The number of ether oxygens (including phenoxy) is 1. The van der Waals surface area contributed by atoms with Crippen molar-refractivity contribution in [1.29, 1.82) is 0 Å². The van der Waals surface area contributed by atoms with Crippen molar-refractivity contribution in [2.45, 2.75) is 32.4 Å². The second-order valence-corrected chi connectivity index (χ2v) is 4.00. The van der Waals surface area contributed by atoms with E-state index in [1.54, 1.807) is 7.11 Å². The van der Waals surface area contributed by atoms with Crippen LogP contribution in [0.4, 0.5) is 0 Å². The number of rotatable bonds is 4. The smallest absolute Gasteiger partial charge is 0.225 e. The van der Waals surface area contributed by atoms with Gasteiger partial charge < -0.3 is 15.4 Å². The summed E-state index contributed by atoms with van der Waals surface area (Å²) in [5, 5.41) is 6.21. The molecule has 2 N–H and O–H groups in total. The summed E-state index contributed by atoms with van der Waals surface area (Å²) in [7, 11) is 1.64. The zero-order valence-corrected chi connectivity index (χ0v) is 9.17. The zero-order valence-electron chi connectivity index (χ0n) is 9.17. The third-order valence-corrected chi connectivity index (χ3v) is 2.67. The van der Waals surface area contributed by atoms with Gasteiger partial charge in [0.15, 0.2) is 0 Å². The highest BCUT2D eigenvalue weighted by atomic mass is 16.5. The molecule has 1 aliphatic rings. The van der Waals surface area contributed by atoms with Gasteiger partial charge in [0.25, 0.3) is 0 Å². The first-order valence-electron chi connectivity index (χ1n) is 5.18. The molecule has 0 aromatic carbocycles. The predicted octanol–water partition coefficient (Wildman–Crippen LogP) is 0.136. The maximum atomic E-state index is 11.7. The Labute approximate surface area is 85.4 Å². The second kappa shape index (κ2) is 5.32. The number of methoxy groups -OCH3 is 1. The van der Waals surface area contributed by atoms with E-state index in [1.807, 2.05) is 6.92 Å². The summed E-state index contributed by atoms with van der Waals surface area (Å²) in [5.41, 5.74) is 0. The molecule has 0 aliphatic carbocycles. The van der Waals surface area contributed by atoms with Gasteiger partial charge in [0, 0.05) is 19.2 Å². The molecule has 1 saturated heterocycles. The molecule has 0 aromatic rings. The van der Waals surface area contributed by atoms with Crippen molar-refractivity contribution < 1.29 is 9.53 Å². The molecule has 1 heterocycles. The molecule has 82 valence electrons. The molecule has 0 saturated carbocycles. The van der Waals surface area contributed by atoms with Crippen LogP contribution in [0.3, 0.4) is 0 Å². The molecule has 0 spiro atoms. The van der Waals surface area contributed by atoms with E-state index >= 15 is 0 Å². The first kappa shape index (κ1) is 11.5. The third-order valence-electron chi connectivity index (χ3n) is 2.67. The van der Waals surface area contributed by atoms with Crippen molar-refractivity contribution in [2.24, 2.45) is 5.92 Å². The van der Waals surface area contributed by atoms with Crippen LogP contribution < -0.4 is 10.6 Å². The lowest BCUT2D eigenvalue weighted by Crippen LogP contribution is -2.42. The molecule has 0 bridgehead atoms. The van der Waals surface area contributed by atoms with E-state index in [-0.39, 0.29) is 17.9 Å². The van der Waals surface area contributed by atoms with E-state index in [2.05, 4.69) is 17.6 Å². The number of amides is 1. The Bertz CT molecular complexity index is 197. The molecular formula is C10H20N2O2. The summed E-state index contributed by atoms with van der Waals surface area (Å²) in [6, 6.07) is 0.394. The molecule has 3 atom stereocenters. The topological polar surface area (TPSA) is 50.4 Å². The SMILES string of the molecule is COCC(C)NC(=O)C1CCNC1C. The third kappa shape index (κ3) is 2.96. The van der Waals surface area contributed by atoms with Crippen LogP contribution in [-0.4, -0.2) is 38.3 Å². The molecule has 1 rings (SSSR count). The van der Waals surface area contributed by atoms with Crippen LogP contribution in [0.1, 0.15) is 20.3 Å². The van der Waals surface area contributed by atoms with E-state index in [0.717, 1.165) is 13.0 Å². The van der Waals surface area contributed by atoms with Gasteiger partial charge in [0.1, 0.15) is 0 Å². The Morgan fingerprint density at radius 1 is 1.71 bits per heavy atom. The maximum Gasteiger partial charge on any atom is 0.225 e. The van der Waals surface area contributed by atoms with Crippen molar-refractivity contribution >= 4 is 5.91 Å². The fraction of sp³-hybridized carbons (Fsp3) is 0.900. The minimum atomic E-state index is 0.0975. The first-order chi connectivity index (χ1) is 6.65. The van der Waals surface area contributed by atoms with Crippen molar-refractivity contribution in [1.82, 2.24) is 10.6 Å². The minimum absolute atomic E-state index is 0.0975. The molecule has 3 unspecified atom stereocenters. The summed E-state index contributed by atoms with van der Waals surface area (Å²) in [5.74, 6) is 0.265. The molecule has 4 heteroatoms. The normalized spacial score (nSPS) is 28.8. The fourth-order valence-corrected chi connectivity index (χ4v) is 1.86. The van der Waals surface area contributed by atoms with Gasteiger partial charge in [-0.05, 0) is 26.8 Å². The van der Waals surface area contributed by atoms with Gasteiger partial charge in [0.2, 0.25) is 5.91 Å². The van der Waals surface area contributed by atoms with Crippen LogP contribution in [0.15, 0.2) is 0 Å². The van der Waals surface area contributed by atoms with Gasteiger partial charge in [-0.2, -0.15) is 0 Å². The van der Waals surface area contributed by atoms with Crippen LogP contribution in [0.5, 0.6) is 0 Å². The largest absolute Gasteiger partial charge is 0.383 e. The summed E-state index contributed by atoms with van der Waals surface area (Å²) in [4.78, 5) is 11.7. The van der Waals surface area contributed by atoms with Gasteiger partial charge in [-0.1, -0.05) is 0 Å². The molecular weight excluding hydrogens is 180 g/mol. The van der Waals surface area contributed by atoms with Gasteiger partial charge >= 0.3 is 0 Å². The van der Waals surface area contributed by atoms with Crippen molar-refractivity contribution in [3.8, 4) is 0 Å². The Balaban J connectivity index is 2.33. The quantitative estimate of drug-likeness (QED) is 0.678. The Hall–Kier alpha value is -0.610. The van der Waals surface area contributed by atoms with Crippen molar-refractivity contribution in [3.05, 3.63) is 0 Å². The maximum absolute atomic E-state index is 11.7. The van der Waals surface area contributed by atoms with Crippen LogP contribution in [0.2, 0.25) is 0 Å². The van der Waals surface area contributed by atoms with Crippen LogP contribution in [0.25, 0.3) is 0 Å². The lowest BCUT2D eigenvalue weighted by Gasteiger charge is -2.18. The average Bonchev–Trinajstić information content (AvgIpc) is 2.51. The molecule has 14 heavy (non-hydrogen) atoms. The van der Waals surface area contributed by atoms with Gasteiger partial charge in [-0.3, -0.25) is 4.79 Å². The zero-order chi connectivity index (χ0) is 10.6. The van der Waals surface area contributed by atoms with E-state index in [9.17, 15) is 4.79 Å². The van der Waals surface area contributed by atoms with Gasteiger partial charge in [-0.15, -0.1) is 0 Å². The number of hydrogen-bond donors (Lipinski definition) is 2. The standard InChI is InChI=1S/C10H20N2O2/c1-7(6-14-3)12-10(13)9-4-5-11-8(9)2/h7-9,11H,4-6H2,1-3H3,(H,12,13). The van der Waals surface area contributed by atoms with Gasteiger partial charge in [0.05, 0.1) is 12.5 Å². The van der Waals surface area contributed by atoms with Crippen molar-refractivity contribution in [2.75, 3.05) is 20.3 Å². The summed E-state index contributed by atoms with van der Waals surface area (Å²) in [6.45, 7) is 5.52. The lowest BCUT2D eigenvalue weighted by atomic mass is 10.0. The Morgan fingerprint density at radius 3 is 2.93 bits per heavy atom. The molecule has 1 amide bonds. The molecule has 0 aromatic heterocycles. The number of carbonyl (C=O) groups is 1. The first-order valence-corrected chi connectivity index (χ1v) is 5.18. The van der Waals surface area contributed by atoms with E-state index in [0.29, 0.717) is 12.6 Å². The molecule has 4 nitrogen and oxygen atoms in total. The van der Waals surface area contributed by atoms with E-state index in [1.165, 1.54) is 0 Å². The summed E-state index contributed by atoms with van der Waals surface area (Å²) in [6.07, 6.45) is 0.937. The highest BCUT2D eigenvalue weighted by Gasteiger charge is 2.29. The highest BCUT2D eigenvalue weighted by Crippen LogP contribution is 2.15. The second-order valence-electron chi connectivity index (χ2n) is 4.00. The molecule has 1 fully saturated rings. The summed E-state index contributed by atoms with van der Waals surface area (Å²) >= 11 is 0. The summed E-state index contributed by atoms with van der Waals surface area (Å²) < 4.78 is 4.96. The minimum Gasteiger partial charge on any atom is -0.383 e. The molecule has 1 aliphatic heterocycles. The number of hydrogen-bond acceptors (Lipinski definition) is 3. The van der Waals surface area contributed by atoms with E-state index < -0.39 is 0 Å². The lowest BCUT2D eigenvalue weighted by molar-refractivity contribution is -0.126. The Morgan fingerprint density at radius 2 is 2.43 bits per heavy atom.